The Bertz CT molecular complexity index is 698. The zero-order valence-corrected chi connectivity index (χ0v) is 21.3. The van der Waals surface area contributed by atoms with Gasteiger partial charge in [0.1, 0.15) is 6.42 Å². The molecule has 0 unspecified atom stereocenters. The van der Waals surface area contributed by atoms with Crippen molar-refractivity contribution in [3.63, 3.8) is 0 Å². The van der Waals surface area contributed by atoms with E-state index >= 15 is 0 Å². The Morgan fingerprint density at radius 3 is 1.82 bits per heavy atom. The molecule has 0 aliphatic rings. The minimum atomic E-state index is -0.789. The van der Waals surface area contributed by atoms with E-state index < -0.39 is 30.3 Å². The summed E-state index contributed by atoms with van der Waals surface area (Å²) in [6.45, 7) is 2.15. The minimum absolute atomic E-state index is 0.0118. The summed E-state index contributed by atoms with van der Waals surface area (Å²) in [5.74, 6) is 1.19. The van der Waals surface area contributed by atoms with Gasteiger partial charge in [-0.15, -0.1) is 29.9 Å². The maximum absolute atomic E-state index is 11.6. The SMILES string of the molecule is C#CC(=O)OCCCOC(=O)CC(=O)OCCCOC(=O)/C=C/SCCCCCCS/C=C/C. The summed E-state index contributed by atoms with van der Waals surface area (Å²) in [6.07, 6.45) is 13.0. The fourth-order valence-electron chi connectivity index (χ4n) is 2.20. The van der Waals surface area contributed by atoms with Gasteiger partial charge in [0.05, 0.1) is 26.4 Å². The van der Waals surface area contributed by atoms with Gasteiger partial charge in [-0.2, -0.15) is 0 Å². The van der Waals surface area contributed by atoms with Gasteiger partial charge in [-0.1, -0.05) is 18.9 Å². The number of rotatable bonds is 20. The largest absolute Gasteiger partial charge is 0.465 e. The van der Waals surface area contributed by atoms with Crippen molar-refractivity contribution in [1.82, 2.24) is 0 Å². The number of esters is 4. The van der Waals surface area contributed by atoms with Crippen LogP contribution in [0.2, 0.25) is 0 Å². The van der Waals surface area contributed by atoms with Crippen LogP contribution in [0.1, 0.15) is 51.9 Å². The molecule has 34 heavy (non-hydrogen) atoms. The van der Waals surface area contributed by atoms with Gasteiger partial charge in [0.15, 0.2) is 0 Å². The van der Waals surface area contributed by atoms with Crippen LogP contribution >= 0.6 is 23.5 Å². The van der Waals surface area contributed by atoms with Crippen LogP contribution in [0.25, 0.3) is 0 Å². The highest BCUT2D eigenvalue weighted by atomic mass is 32.2. The molecule has 0 fully saturated rings. The van der Waals surface area contributed by atoms with Crippen LogP contribution in [-0.4, -0.2) is 61.8 Å². The molecule has 0 saturated heterocycles. The summed E-state index contributed by atoms with van der Waals surface area (Å²) < 4.78 is 19.3. The number of terminal acetylenes is 1. The van der Waals surface area contributed by atoms with Gasteiger partial charge < -0.3 is 18.9 Å². The van der Waals surface area contributed by atoms with E-state index in [1.165, 1.54) is 25.3 Å². The second kappa shape index (κ2) is 23.8. The molecular weight excluding hydrogens is 480 g/mol. The van der Waals surface area contributed by atoms with Crippen molar-refractivity contribution in [2.45, 2.75) is 51.9 Å². The van der Waals surface area contributed by atoms with Crippen LogP contribution in [0.3, 0.4) is 0 Å². The summed E-state index contributed by atoms with van der Waals surface area (Å²) in [5, 5.41) is 3.84. The van der Waals surface area contributed by atoms with Gasteiger partial charge in [0.25, 0.3) is 0 Å². The lowest BCUT2D eigenvalue weighted by atomic mass is 10.2. The quantitative estimate of drug-likeness (QED) is 0.0449. The van der Waals surface area contributed by atoms with Crippen LogP contribution in [0.4, 0.5) is 0 Å². The van der Waals surface area contributed by atoms with E-state index in [1.54, 1.807) is 23.1 Å². The topological polar surface area (TPSA) is 105 Å². The molecular formula is C24H34O8S2. The molecule has 8 nitrogen and oxygen atoms in total. The first-order chi connectivity index (χ1) is 16.5. The number of carbonyl (C=O) groups is 4. The average Bonchev–Trinajstić information content (AvgIpc) is 2.81. The molecule has 0 aliphatic heterocycles. The monoisotopic (exact) mass is 514 g/mol. The Balaban J connectivity index is 3.55. The summed E-state index contributed by atoms with van der Waals surface area (Å²) in [7, 11) is 0. The molecule has 0 saturated carbocycles. The lowest BCUT2D eigenvalue weighted by Crippen LogP contribution is -2.16. The molecule has 0 aliphatic carbocycles. The first-order valence-corrected chi connectivity index (χ1v) is 13.2. The average molecular weight is 515 g/mol. The van der Waals surface area contributed by atoms with Crippen molar-refractivity contribution in [2.24, 2.45) is 0 Å². The highest BCUT2D eigenvalue weighted by Gasteiger charge is 2.12. The predicted octanol–water partition coefficient (Wildman–Crippen LogP) is 4.04. The van der Waals surface area contributed by atoms with Gasteiger partial charge in [-0.05, 0) is 42.1 Å². The molecule has 0 atom stereocenters. The molecule has 0 N–H and O–H groups in total. The molecule has 0 spiro atoms. The van der Waals surface area contributed by atoms with Gasteiger partial charge in [-0.25, -0.2) is 9.59 Å². The van der Waals surface area contributed by atoms with Crippen molar-refractivity contribution < 1.29 is 38.1 Å². The van der Waals surface area contributed by atoms with Crippen LogP contribution in [-0.2, 0) is 38.1 Å². The first-order valence-electron chi connectivity index (χ1n) is 11.1. The molecule has 0 aromatic carbocycles. The van der Waals surface area contributed by atoms with Crippen LogP contribution in [0, 0.1) is 12.3 Å². The van der Waals surface area contributed by atoms with Crippen LogP contribution < -0.4 is 0 Å². The van der Waals surface area contributed by atoms with E-state index in [0.717, 1.165) is 17.9 Å². The highest BCUT2D eigenvalue weighted by molar-refractivity contribution is 8.02. The predicted molar refractivity (Wildman–Crippen MR) is 134 cm³/mol. The van der Waals surface area contributed by atoms with Crippen LogP contribution in [0.5, 0.6) is 0 Å². The number of hydrogen-bond donors (Lipinski definition) is 0. The van der Waals surface area contributed by atoms with Crippen molar-refractivity contribution >= 4 is 47.4 Å². The molecule has 0 bridgehead atoms. The molecule has 10 heteroatoms. The number of thioether (sulfide) groups is 2. The highest BCUT2D eigenvalue weighted by Crippen LogP contribution is 2.12. The van der Waals surface area contributed by atoms with Crippen molar-refractivity contribution in [3.8, 4) is 12.3 Å². The second-order valence-corrected chi connectivity index (χ2v) is 8.73. The lowest BCUT2D eigenvalue weighted by Gasteiger charge is -2.06. The Kier molecular flexibility index (Phi) is 22.1. The maximum Gasteiger partial charge on any atom is 0.384 e. The zero-order valence-electron chi connectivity index (χ0n) is 19.7. The van der Waals surface area contributed by atoms with E-state index in [2.05, 4.69) is 10.1 Å². The Labute approximate surface area is 210 Å². The summed E-state index contributed by atoms with van der Waals surface area (Å²) in [4.78, 5) is 45.4. The van der Waals surface area contributed by atoms with E-state index in [4.69, 9.17) is 20.6 Å². The number of hydrogen-bond acceptors (Lipinski definition) is 10. The third-order valence-electron chi connectivity index (χ3n) is 3.79. The molecule has 0 amide bonds. The van der Waals surface area contributed by atoms with E-state index in [9.17, 15) is 19.2 Å². The van der Waals surface area contributed by atoms with Crippen molar-refractivity contribution in [2.75, 3.05) is 37.9 Å². The zero-order chi connectivity index (χ0) is 25.3. The fourth-order valence-corrected chi connectivity index (χ4v) is 3.61. The number of carbonyl (C=O) groups excluding carboxylic acids is 4. The molecule has 0 rings (SSSR count). The normalized spacial score (nSPS) is 10.7. The van der Waals surface area contributed by atoms with Crippen molar-refractivity contribution in [3.05, 3.63) is 23.0 Å². The van der Waals surface area contributed by atoms with Gasteiger partial charge >= 0.3 is 23.9 Å². The Hall–Kier alpha value is -2.38. The first kappa shape index (κ1) is 31.6. The number of unbranched alkanes of at least 4 members (excludes halogenated alkanes) is 3. The van der Waals surface area contributed by atoms with E-state index in [0.29, 0.717) is 6.42 Å². The number of allylic oxidation sites excluding steroid dienone is 1. The van der Waals surface area contributed by atoms with Crippen LogP contribution in [0.15, 0.2) is 23.0 Å². The molecule has 0 aromatic rings. The Morgan fingerprint density at radius 1 is 0.735 bits per heavy atom. The minimum Gasteiger partial charge on any atom is -0.465 e. The smallest absolute Gasteiger partial charge is 0.384 e. The second-order valence-electron chi connectivity index (χ2n) is 6.70. The van der Waals surface area contributed by atoms with Crippen molar-refractivity contribution in [1.29, 1.82) is 0 Å². The molecule has 190 valence electrons. The molecule has 0 radical (unpaired) electrons. The van der Waals surface area contributed by atoms with Gasteiger partial charge in [0.2, 0.25) is 0 Å². The van der Waals surface area contributed by atoms with Gasteiger partial charge in [-0.3, -0.25) is 9.59 Å². The summed E-state index contributed by atoms with van der Waals surface area (Å²) in [5.41, 5.74) is 0. The maximum atomic E-state index is 11.6. The third kappa shape index (κ3) is 22.8. The third-order valence-corrected chi connectivity index (χ3v) is 5.64. The summed E-state index contributed by atoms with van der Waals surface area (Å²) >= 11 is 3.42. The lowest BCUT2D eigenvalue weighted by molar-refractivity contribution is -0.154. The van der Waals surface area contributed by atoms with Gasteiger partial charge in [0, 0.05) is 24.8 Å². The number of ether oxygens (including phenoxy) is 4. The summed E-state index contributed by atoms with van der Waals surface area (Å²) in [6, 6.07) is 0. The van der Waals surface area contributed by atoms with E-state index in [-0.39, 0.29) is 32.8 Å². The molecule has 0 heterocycles. The molecule has 0 aromatic heterocycles. The Morgan fingerprint density at radius 2 is 1.26 bits per heavy atom. The fraction of sp³-hybridized carbons (Fsp3) is 0.583. The standard InChI is InChI=1S/C24H34O8S2/c1-3-16-33-17-7-5-6-8-18-34-19-11-22(26)30-13-10-15-32-24(28)20-23(27)31-14-9-12-29-21(25)4-2/h2-3,11,16,19H,5-10,12-15,17-18,20H2,1H3/b16-3+,19-11+. The van der Waals surface area contributed by atoms with E-state index in [1.807, 2.05) is 24.8 Å².